The molecule has 1 N–H and O–H groups in total. The minimum Gasteiger partial charge on any atom is -0.480 e. The lowest BCUT2D eigenvalue weighted by atomic mass is 9.94. The molecule has 2 unspecified atom stereocenters. The van der Waals surface area contributed by atoms with E-state index < -0.39 is 11.5 Å². The minimum absolute atomic E-state index is 0.283. The van der Waals surface area contributed by atoms with E-state index in [0.717, 1.165) is 25.9 Å². The van der Waals surface area contributed by atoms with Gasteiger partial charge in [0.05, 0.1) is 6.10 Å². The van der Waals surface area contributed by atoms with Crippen LogP contribution in [0, 0.1) is 0 Å². The molecule has 16 heavy (non-hydrogen) atoms. The number of carboxylic acid groups (broad SMARTS) is 1. The highest BCUT2D eigenvalue weighted by Gasteiger charge is 2.37. The SMILES string of the molecule is CCC1CC(N(C)C(C)(C)C(=O)O)CCO1. The second-order valence-corrected chi connectivity index (χ2v) is 5.05. The summed E-state index contributed by atoms with van der Waals surface area (Å²) in [6.07, 6.45) is 3.14. The van der Waals surface area contributed by atoms with Gasteiger partial charge < -0.3 is 9.84 Å². The molecule has 0 aromatic rings. The fraction of sp³-hybridized carbons (Fsp3) is 0.917. The second-order valence-electron chi connectivity index (χ2n) is 5.05. The summed E-state index contributed by atoms with van der Waals surface area (Å²) in [5, 5.41) is 9.19. The average molecular weight is 229 g/mol. The van der Waals surface area contributed by atoms with Crippen LogP contribution in [-0.4, -0.2) is 47.3 Å². The number of likely N-dealkylation sites (N-methyl/N-ethyl adjacent to an activating group) is 1. The highest BCUT2D eigenvalue weighted by atomic mass is 16.5. The van der Waals surface area contributed by atoms with Gasteiger partial charge in [-0.05, 0) is 40.2 Å². The van der Waals surface area contributed by atoms with Crippen molar-refractivity contribution in [1.82, 2.24) is 4.90 Å². The summed E-state index contributed by atoms with van der Waals surface area (Å²) in [6.45, 7) is 6.36. The van der Waals surface area contributed by atoms with Crippen molar-refractivity contribution in [3.63, 3.8) is 0 Å². The van der Waals surface area contributed by atoms with Gasteiger partial charge in [-0.25, -0.2) is 0 Å². The molecule has 0 amide bonds. The fourth-order valence-corrected chi connectivity index (χ4v) is 2.10. The number of nitrogens with zero attached hydrogens (tertiary/aromatic N) is 1. The van der Waals surface area contributed by atoms with Gasteiger partial charge in [0.15, 0.2) is 0 Å². The van der Waals surface area contributed by atoms with E-state index in [4.69, 9.17) is 4.74 Å². The third-order valence-electron chi connectivity index (χ3n) is 3.75. The Balaban J connectivity index is 2.66. The van der Waals surface area contributed by atoms with Gasteiger partial charge in [-0.1, -0.05) is 6.92 Å². The molecule has 4 heteroatoms. The normalized spacial score (nSPS) is 27.1. The number of aliphatic carboxylic acids is 1. The molecule has 1 aliphatic rings. The first-order valence-corrected chi connectivity index (χ1v) is 5.97. The number of ether oxygens (including phenoxy) is 1. The van der Waals surface area contributed by atoms with Crippen LogP contribution < -0.4 is 0 Å². The van der Waals surface area contributed by atoms with E-state index in [-0.39, 0.29) is 6.10 Å². The minimum atomic E-state index is -0.805. The Kier molecular flexibility index (Phi) is 4.33. The zero-order valence-electron chi connectivity index (χ0n) is 10.7. The van der Waals surface area contributed by atoms with Crippen molar-refractivity contribution < 1.29 is 14.6 Å². The van der Waals surface area contributed by atoms with Crippen LogP contribution in [0.15, 0.2) is 0 Å². The Hall–Kier alpha value is -0.610. The van der Waals surface area contributed by atoms with Gasteiger partial charge in [0.25, 0.3) is 0 Å². The Morgan fingerprint density at radius 3 is 2.69 bits per heavy atom. The summed E-state index contributed by atoms with van der Waals surface area (Å²) in [4.78, 5) is 13.2. The number of hydrogen-bond donors (Lipinski definition) is 1. The maximum atomic E-state index is 11.2. The highest BCUT2D eigenvalue weighted by molar-refractivity contribution is 5.77. The van der Waals surface area contributed by atoms with E-state index in [9.17, 15) is 9.90 Å². The highest BCUT2D eigenvalue weighted by Crippen LogP contribution is 2.25. The number of hydrogen-bond acceptors (Lipinski definition) is 3. The molecule has 0 aliphatic carbocycles. The molecule has 1 aliphatic heterocycles. The molecule has 1 heterocycles. The van der Waals surface area contributed by atoms with Crippen LogP contribution >= 0.6 is 0 Å². The number of rotatable bonds is 4. The molecule has 0 spiro atoms. The Morgan fingerprint density at radius 1 is 1.56 bits per heavy atom. The zero-order valence-corrected chi connectivity index (χ0v) is 10.7. The third kappa shape index (κ3) is 2.74. The van der Waals surface area contributed by atoms with E-state index in [2.05, 4.69) is 6.92 Å². The molecule has 1 rings (SSSR count). The van der Waals surface area contributed by atoms with Gasteiger partial charge >= 0.3 is 5.97 Å². The monoisotopic (exact) mass is 229 g/mol. The van der Waals surface area contributed by atoms with Crippen LogP contribution in [0.1, 0.15) is 40.0 Å². The third-order valence-corrected chi connectivity index (χ3v) is 3.75. The average Bonchev–Trinajstić information content (AvgIpc) is 2.27. The first-order chi connectivity index (χ1) is 7.39. The number of carbonyl (C=O) groups is 1. The smallest absolute Gasteiger partial charge is 0.323 e. The van der Waals surface area contributed by atoms with Gasteiger partial charge in [-0.15, -0.1) is 0 Å². The maximum absolute atomic E-state index is 11.2. The molecule has 94 valence electrons. The summed E-state index contributed by atoms with van der Waals surface area (Å²) >= 11 is 0. The van der Waals surface area contributed by atoms with Crippen molar-refractivity contribution in [3.8, 4) is 0 Å². The quantitative estimate of drug-likeness (QED) is 0.797. The fourth-order valence-electron chi connectivity index (χ4n) is 2.10. The van der Waals surface area contributed by atoms with E-state index in [1.807, 2.05) is 11.9 Å². The molecular formula is C12H23NO3. The largest absolute Gasteiger partial charge is 0.480 e. The first kappa shape index (κ1) is 13.5. The number of carboxylic acids is 1. The molecule has 4 nitrogen and oxygen atoms in total. The van der Waals surface area contributed by atoms with Crippen LogP contribution in [0.25, 0.3) is 0 Å². The topological polar surface area (TPSA) is 49.8 Å². The lowest BCUT2D eigenvalue weighted by molar-refractivity contribution is -0.152. The molecule has 0 bridgehead atoms. The van der Waals surface area contributed by atoms with Crippen LogP contribution in [0.4, 0.5) is 0 Å². The predicted octanol–water partition coefficient (Wildman–Crippen LogP) is 1.74. The summed E-state index contributed by atoms with van der Waals surface area (Å²) < 4.78 is 5.61. The van der Waals surface area contributed by atoms with Gasteiger partial charge in [-0.2, -0.15) is 0 Å². The van der Waals surface area contributed by atoms with Gasteiger partial charge in [0.1, 0.15) is 5.54 Å². The summed E-state index contributed by atoms with van der Waals surface area (Å²) in [6, 6.07) is 0.310. The molecule has 1 saturated heterocycles. The predicted molar refractivity (Wildman–Crippen MR) is 62.5 cm³/mol. The van der Waals surface area contributed by atoms with Crippen molar-refractivity contribution in [2.75, 3.05) is 13.7 Å². The van der Waals surface area contributed by atoms with Crippen molar-refractivity contribution in [3.05, 3.63) is 0 Å². The maximum Gasteiger partial charge on any atom is 0.323 e. The molecule has 0 saturated carbocycles. The first-order valence-electron chi connectivity index (χ1n) is 5.97. The van der Waals surface area contributed by atoms with Crippen molar-refractivity contribution in [2.45, 2.75) is 57.7 Å². The van der Waals surface area contributed by atoms with E-state index >= 15 is 0 Å². The van der Waals surface area contributed by atoms with Gasteiger partial charge in [0.2, 0.25) is 0 Å². The summed E-state index contributed by atoms with van der Waals surface area (Å²) in [5.74, 6) is -0.769. The van der Waals surface area contributed by atoms with Crippen LogP contribution in [0.5, 0.6) is 0 Å². The summed E-state index contributed by atoms with van der Waals surface area (Å²) in [7, 11) is 1.90. The van der Waals surface area contributed by atoms with Crippen molar-refractivity contribution in [2.24, 2.45) is 0 Å². The van der Waals surface area contributed by atoms with Crippen LogP contribution in [0.2, 0.25) is 0 Å². The Morgan fingerprint density at radius 2 is 2.19 bits per heavy atom. The van der Waals surface area contributed by atoms with Crippen LogP contribution in [-0.2, 0) is 9.53 Å². The van der Waals surface area contributed by atoms with Gasteiger partial charge in [-0.3, -0.25) is 9.69 Å². The Bertz CT molecular complexity index is 253. The van der Waals surface area contributed by atoms with Gasteiger partial charge in [0, 0.05) is 12.6 Å². The van der Waals surface area contributed by atoms with E-state index in [0.29, 0.717) is 6.04 Å². The van der Waals surface area contributed by atoms with E-state index in [1.165, 1.54) is 0 Å². The second kappa shape index (κ2) is 5.15. The molecular weight excluding hydrogens is 206 g/mol. The van der Waals surface area contributed by atoms with Crippen molar-refractivity contribution >= 4 is 5.97 Å². The molecule has 1 fully saturated rings. The Labute approximate surface area is 97.6 Å². The molecule has 0 radical (unpaired) electrons. The van der Waals surface area contributed by atoms with Crippen molar-refractivity contribution in [1.29, 1.82) is 0 Å². The molecule has 0 aromatic carbocycles. The lowest BCUT2D eigenvalue weighted by Gasteiger charge is -2.41. The van der Waals surface area contributed by atoms with E-state index in [1.54, 1.807) is 13.8 Å². The summed E-state index contributed by atoms with van der Waals surface area (Å²) in [5.41, 5.74) is -0.805. The zero-order chi connectivity index (χ0) is 12.3. The van der Waals surface area contributed by atoms with Crippen LogP contribution in [0.3, 0.4) is 0 Å². The molecule has 2 atom stereocenters. The standard InChI is InChI=1S/C12H23NO3/c1-5-10-8-9(6-7-16-10)13(4)12(2,3)11(14)15/h9-10H,5-8H2,1-4H3,(H,14,15). The molecule has 0 aromatic heterocycles. The lowest BCUT2D eigenvalue weighted by Crippen LogP contribution is -2.54.